The number of benzene rings is 1. The van der Waals surface area contributed by atoms with Crippen LogP contribution in [0, 0.1) is 5.92 Å². The molecule has 2 unspecified atom stereocenters. The first-order valence-electron chi connectivity index (χ1n) is 9.30. The van der Waals surface area contributed by atoms with Crippen LogP contribution in [0.15, 0.2) is 72.7 Å². The first kappa shape index (κ1) is 17.5. The maximum atomic E-state index is 9.78. The Kier molecular flexibility index (Phi) is 5.03. The smallest absolute Gasteiger partial charge is 0.147 e. The van der Waals surface area contributed by atoms with Gasteiger partial charge in [-0.25, -0.2) is 0 Å². The zero-order valence-electron chi connectivity index (χ0n) is 15.1. The molecule has 0 saturated carbocycles. The molecule has 27 heavy (non-hydrogen) atoms. The van der Waals surface area contributed by atoms with E-state index in [2.05, 4.69) is 23.2 Å². The molecule has 5 heteroatoms. The molecular formula is C22H24N2O3. The van der Waals surface area contributed by atoms with Crippen molar-refractivity contribution in [3.63, 3.8) is 0 Å². The number of aromatic hydroxyl groups is 1. The summed E-state index contributed by atoms with van der Waals surface area (Å²) in [5, 5.41) is 10.8. The number of fused-ring (bicyclic) bond motifs is 1. The Balaban J connectivity index is 1.53. The Morgan fingerprint density at radius 3 is 2.96 bits per heavy atom. The van der Waals surface area contributed by atoms with E-state index < -0.39 is 0 Å². The molecule has 140 valence electrons. The van der Waals surface area contributed by atoms with Crippen molar-refractivity contribution in [2.75, 3.05) is 0 Å². The predicted octanol–water partition coefficient (Wildman–Crippen LogP) is 4.39. The summed E-state index contributed by atoms with van der Waals surface area (Å²) in [6.45, 7) is 0. The van der Waals surface area contributed by atoms with Crippen molar-refractivity contribution in [1.82, 2.24) is 4.98 Å². The number of hydrogen-bond acceptors (Lipinski definition) is 4. The predicted molar refractivity (Wildman–Crippen MR) is 106 cm³/mol. The molecule has 1 aromatic carbocycles. The third-order valence-corrected chi connectivity index (χ3v) is 5.20. The van der Waals surface area contributed by atoms with Crippen LogP contribution in [0.1, 0.15) is 24.8 Å². The maximum absolute atomic E-state index is 9.78. The molecule has 4 rings (SSSR count). The molecule has 5 nitrogen and oxygen atoms in total. The topological polar surface area (TPSA) is 80.5 Å². The van der Waals surface area contributed by atoms with Crippen molar-refractivity contribution in [1.29, 1.82) is 0 Å². The fraction of sp³-hybridized carbons (Fsp3) is 0.273. The van der Waals surface area contributed by atoms with Crippen molar-refractivity contribution < 1.29 is 14.6 Å². The highest BCUT2D eigenvalue weighted by Crippen LogP contribution is 2.33. The molecule has 0 bridgehead atoms. The highest BCUT2D eigenvalue weighted by atomic mass is 16.5. The molecule has 2 aliphatic rings. The van der Waals surface area contributed by atoms with Gasteiger partial charge in [-0.15, -0.1) is 0 Å². The number of aryl methyl sites for hydroxylation is 1. The van der Waals surface area contributed by atoms with E-state index in [1.807, 2.05) is 12.3 Å². The summed E-state index contributed by atoms with van der Waals surface area (Å²) in [5.41, 5.74) is 10.1. The number of hydrogen-bond donors (Lipinski definition) is 3. The molecule has 0 radical (unpaired) electrons. The van der Waals surface area contributed by atoms with Crippen molar-refractivity contribution in [3.05, 3.63) is 78.3 Å². The molecule has 2 atom stereocenters. The third kappa shape index (κ3) is 3.78. The van der Waals surface area contributed by atoms with Crippen LogP contribution in [0.2, 0.25) is 0 Å². The lowest BCUT2D eigenvalue weighted by Crippen LogP contribution is -2.34. The first-order valence-corrected chi connectivity index (χ1v) is 9.30. The molecule has 4 N–H and O–H groups in total. The molecule has 1 aliphatic heterocycles. The Hall–Kier alpha value is -2.92. The number of rotatable bonds is 6. The van der Waals surface area contributed by atoms with Crippen LogP contribution in [0.4, 0.5) is 0 Å². The second kappa shape index (κ2) is 7.76. The van der Waals surface area contributed by atoms with Crippen LogP contribution in [-0.2, 0) is 15.9 Å². The van der Waals surface area contributed by atoms with Gasteiger partial charge >= 0.3 is 0 Å². The minimum atomic E-state index is -0.105. The third-order valence-electron chi connectivity index (χ3n) is 5.20. The summed E-state index contributed by atoms with van der Waals surface area (Å²) in [6.07, 6.45) is 16.7. The Morgan fingerprint density at radius 2 is 2.19 bits per heavy atom. The van der Waals surface area contributed by atoms with Crippen LogP contribution in [0.3, 0.4) is 0 Å². The van der Waals surface area contributed by atoms with E-state index in [0.29, 0.717) is 0 Å². The minimum absolute atomic E-state index is 0.0153. The van der Waals surface area contributed by atoms with Gasteiger partial charge in [-0.3, -0.25) is 0 Å². The summed E-state index contributed by atoms with van der Waals surface area (Å²) in [4.78, 5) is 3.26. The van der Waals surface area contributed by atoms with Gasteiger partial charge in [-0.2, -0.15) is 0 Å². The number of aromatic nitrogens is 1. The number of ether oxygens (including phenoxy) is 2. The second-order valence-electron chi connectivity index (χ2n) is 6.98. The van der Waals surface area contributed by atoms with Crippen LogP contribution in [-0.4, -0.2) is 16.1 Å². The molecule has 0 saturated heterocycles. The number of nitrogens with two attached hydrogens (primary N) is 1. The van der Waals surface area contributed by atoms with Gasteiger partial charge in [0.1, 0.15) is 30.3 Å². The quantitative estimate of drug-likeness (QED) is 0.710. The monoisotopic (exact) mass is 364 g/mol. The zero-order chi connectivity index (χ0) is 18.6. The lowest BCUT2D eigenvalue weighted by Gasteiger charge is -2.29. The van der Waals surface area contributed by atoms with Gasteiger partial charge in [0, 0.05) is 23.1 Å². The van der Waals surface area contributed by atoms with E-state index in [0.717, 1.165) is 47.9 Å². The Morgan fingerprint density at radius 1 is 1.26 bits per heavy atom. The Bertz CT molecular complexity index is 936. The molecule has 0 fully saturated rings. The van der Waals surface area contributed by atoms with Crippen LogP contribution in [0.25, 0.3) is 10.9 Å². The highest BCUT2D eigenvalue weighted by Gasteiger charge is 2.28. The second-order valence-corrected chi connectivity index (χ2v) is 6.98. The van der Waals surface area contributed by atoms with E-state index >= 15 is 0 Å². The number of allylic oxidation sites excluding steroid dienone is 3. The van der Waals surface area contributed by atoms with Crippen molar-refractivity contribution in [2.24, 2.45) is 11.7 Å². The van der Waals surface area contributed by atoms with Crippen LogP contribution in [0.5, 0.6) is 5.75 Å². The van der Waals surface area contributed by atoms with E-state index in [-0.39, 0.29) is 17.7 Å². The summed E-state index contributed by atoms with van der Waals surface area (Å²) < 4.78 is 11.0. The standard InChI is InChI=1S/C22H24N2O3/c23-19(8-6-16-13-24-20-9-7-17(25)12-18(16)20)22(15-4-2-1-3-5-15)21-14-26-10-11-27-21/h1-2,4,7,9-14,19,22,24-25H,3,5-6,8,23H2. The van der Waals surface area contributed by atoms with Gasteiger partial charge in [0.25, 0.3) is 0 Å². The molecule has 1 aliphatic carbocycles. The highest BCUT2D eigenvalue weighted by molar-refractivity contribution is 5.84. The van der Waals surface area contributed by atoms with Crippen LogP contribution >= 0.6 is 0 Å². The van der Waals surface area contributed by atoms with Gasteiger partial charge in [-0.1, -0.05) is 23.8 Å². The van der Waals surface area contributed by atoms with Crippen LogP contribution < -0.4 is 5.73 Å². The molecule has 1 aromatic heterocycles. The van der Waals surface area contributed by atoms with Gasteiger partial charge in [0.15, 0.2) is 0 Å². The Labute approximate surface area is 158 Å². The van der Waals surface area contributed by atoms with E-state index in [4.69, 9.17) is 15.2 Å². The molecule has 2 heterocycles. The number of phenolic OH excluding ortho intramolecular Hbond substituents is 1. The zero-order valence-corrected chi connectivity index (χ0v) is 15.1. The summed E-state index contributed by atoms with van der Waals surface area (Å²) in [5.74, 6) is 1.01. The maximum Gasteiger partial charge on any atom is 0.147 e. The van der Waals surface area contributed by atoms with E-state index in [1.54, 1.807) is 24.7 Å². The lowest BCUT2D eigenvalue weighted by atomic mass is 9.83. The normalized spacial score (nSPS) is 18.4. The number of phenols is 1. The van der Waals surface area contributed by atoms with Crippen molar-refractivity contribution in [3.8, 4) is 5.75 Å². The molecule has 2 aromatic rings. The number of nitrogens with one attached hydrogen (secondary N) is 1. The minimum Gasteiger partial charge on any atom is -0.508 e. The number of H-pyrrole nitrogens is 1. The fourth-order valence-corrected chi connectivity index (χ4v) is 3.83. The van der Waals surface area contributed by atoms with Gasteiger partial charge < -0.3 is 25.3 Å². The van der Waals surface area contributed by atoms with E-state index in [9.17, 15) is 5.11 Å². The van der Waals surface area contributed by atoms with Gasteiger partial charge in [0.2, 0.25) is 0 Å². The SMILES string of the molecule is NC(CCc1c[nH]c2ccc(O)cc12)C(C1=CC=CCC1)C1=COC=CO1. The average Bonchev–Trinajstić information content (AvgIpc) is 3.10. The van der Waals surface area contributed by atoms with Crippen molar-refractivity contribution >= 4 is 10.9 Å². The van der Waals surface area contributed by atoms with Gasteiger partial charge in [0.05, 0.1) is 5.92 Å². The molecular weight excluding hydrogens is 340 g/mol. The lowest BCUT2D eigenvalue weighted by molar-refractivity contribution is 0.214. The van der Waals surface area contributed by atoms with E-state index in [1.165, 1.54) is 11.8 Å². The first-order chi connectivity index (χ1) is 13.2. The summed E-state index contributed by atoms with van der Waals surface area (Å²) in [7, 11) is 0. The summed E-state index contributed by atoms with van der Waals surface area (Å²) >= 11 is 0. The van der Waals surface area contributed by atoms with Gasteiger partial charge in [-0.05, 0) is 49.4 Å². The fourth-order valence-electron chi connectivity index (χ4n) is 3.83. The summed E-state index contributed by atoms with van der Waals surface area (Å²) in [6, 6.07) is 5.27. The largest absolute Gasteiger partial charge is 0.508 e. The van der Waals surface area contributed by atoms with Crippen molar-refractivity contribution in [2.45, 2.75) is 31.7 Å². The molecule has 0 spiro atoms. The molecule has 0 amide bonds. The number of aromatic amines is 1. The average molecular weight is 364 g/mol.